The van der Waals surface area contributed by atoms with Crippen molar-refractivity contribution < 1.29 is 28.2 Å². The molecule has 1 aliphatic heterocycles. The van der Waals surface area contributed by atoms with Gasteiger partial charge in [-0.1, -0.05) is 0 Å². The van der Waals surface area contributed by atoms with Gasteiger partial charge in [0.2, 0.25) is 0 Å². The summed E-state index contributed by atoms with van der Waals surface area (Å²) in [6.07, 6.45) is -0.623. The van der Waals surface area contributed by atoms with E-state index < -0.39 is 17.7 Å². The van der Waals surface area contributed by atoms with Crippen LogP contribution in [-0.4, -0.2) is 54.4 Å². The van der Waals surface area contributed by atoms with Gasteiger partial charge < -0.3 is 19.5 Å². The third-order valence-corrected chi connectivity index (χ3v) is 3.13. The van der Waals surface area contributed by atoms with E-state index in [-0.39, 0.29) is 37.5 Å². The van der Waals surface area contributed by atoms with Crippen molar-refractivity contribution in [2.45, 2.75) is 19.1 Å². The zero-order valence-electron chi connectivity index (χ0n) is 11.6. The van der Waals surface area contributed by atoms with E-state index in [0.717, 1.165) is 12.1 Å². The molecule has 1 heterocycles. The number of ether oxygens (including phenoxy) is 2. The monoisotopic (exact) mass is 301 g/mol. The molecule has 7 heteroatoms. The fourth-order valence-corrected chi connectivity index (χ4v) is 2.17. The molecule has 0 saturated carbocycles. The molecule has 0 spiro atoms. The molecule has 116 valence electrons. The molecule has 1 aliphatic rings. The van der Waals surface area contributed by atoms with Gasteiger partial charge in [-0.15, -0.1) is 0 Å². The molecule has 1 amide bonds. The number of morpholine rings is 1. The number of carbonyl (C=O) groups is 1. The maximum atomic E-state index is 13.4. The lowest BCUT2D eigenvalue weighted by Crippen LogP contribution is -2.51. The number of aliphatic hydroxyl groups is 1. The van der Waals surface area contributed by atoms with E-state index in [9.17, 15) is 13.6 Å². The summed E-state index contributed by atoms with van der Waals surface area (Å²) in [6.45, 7) is 1.90. The highest BCUT2D eigenvalue weighted by atomic mass is 19.1. The highest BCUT2D eigenvalue weighted by molar-refractivity contribution is 5.78. The lowest BCUT2D eigenvalue weighted by Gasteiger charge is -2.36. The molecule has 2 rings (SSSR count). The quantitative estimate of drug-likeness (QED) is 0.899. The summed E-state index contributed by atoms with van der Waals surface area (Å²) >= 11 is 0. The van der Waals surface area contributed by atoms with Crippen molar-refractivity contribution in [2.75, 3.05) is 26.3 Å². The Kier molecular flexibility index (Phi) is 5.08. The number of hydrogen-bond donors (Lipinski definition) is 1. The molecule has 0 aliphatic carbocycles. The molecular weight excluding hydrogens is 284 g/mol. The molecule has 0 bridgehead atoms. The average molecular weight is 301 g/mol. The largest absolute Gasteiger partial charge is 0.481 e. The van der Waals surface area contributed by atoms with Crippen LogP contribution in [0.3, 0.4) is 0 Å². The lowest BCUT2D eigenvalue weighted by molar-refractivity contribution is -0.149. The Morgan fingerprint density at radius 2 is 2.24 bits per heavy atom. The average Bonchev–Trinajstić information content (AvgIpc) is 2.45. The number of carbonyl (C=O) groups excluding carboxylic acids is 1. The van der Waals surface area contributed by atoms with Gasteiger partial charge in [-0.2, -0.15) is 0 Å². The number of amides is 1. The smallest absolute Gasteiger partial charge is 0.260 e. The van der Waals surface area contributed by atoms with Gasteiger partial charge in [0.25, 0.3) is 5.91 Å². The van der Waals surface area contributed by atoms with Crippen LogP contribution in [0.1, 0.15) is 6.92 Å². The molecule has 1 aromatic rings. The first-order valence-corrected chi connectivity index (χ1v) is 6.61. The van der Waals surface area contributed by atoms with Crippen LogP contribution in [0.5, 0.6) is 5.75 Å². The Bertz CT molecular complexity index is 512. The highest BCUT2D eigenvalue weighted by Gasteiger charge is 2.28. The van der Waals surface area contributed by atoms with Gasteiger partial charge in [0, 0.05) is 19.2 Å². The van der Waals surface area contributed by atoms with E-state index in [0.29, 0.717) is 12.6 Å². The van der Waals surface area contributed by atoms with Crippen LogP contribution in [0.25, 0.3) is 0 Å². The second kappa shape index (κ2) is 6.82. The SMILES string of the molecule is CC1CN(C(=O)COc2ccc(F)cc2F)CC(CO)O1. The second-order valence-corrected chi connectivity index (χ2v) is 4.91. The molecule has 1 aromatic carbocycles. The highest BCUT2D eigenvalue weighted by Crippen LogP contribution is 2.18. The Morgan fingerprint density at radius 3 is 2.90 bits per heavy atom. The van der Waals surface area contributed by atoms with Crippen LogP contribution in [0.4, 0.5) is 8.78 Å². The Morgan fingerprint density at radius 1 is 1.48 bits per heavy atom. The van der Waals surface area contributed by atoms with E-state index in [1.165, 1.54) is 4.90 Å². The van der Waals surface area contributed by atoms with Gasteiger partial charge >= 0.3 is 0 Å². The molecule has 5 nitrogen and oxygen atoms in total. The summed E-state index contributed by atoms with van der Waals surface area (Å²) in [4.78, 5) is 13.5. The van der Waals surface area contributed by atoms with Crippen LogP contribution < -0.4 is 4.74 Å². The Hall–Kier alpha value is -1.73. The molecular formula is C14H17F2NO4. The summed E-state index contributed by atoms with van der Waals surface area (Å²) in [5.74, 6) is -2.08. The molecule has 21 heavy (non-hydrogen) atoms. The second-order valence-electron chi connectivity index (χ2n) is 4.91. The summed E-state index contributed by atoms with van der Waals surface area (Å²) in [7, 11) is 0. The van der Waals surface area contributed by atoms with Crippen molar-refractivity contribution in [2.24, 2.45) is 0 Å². The number of nitrogens with zero attached hydrogens (tertiary/aromatic N) is 1. The minimum atomic E-state index is -0.855. The van der Waals surface area contributed by atoms with Crippen LogP contribution in [-0.2, 0) is 9.53 Å². The van der Waals surface area contributed by atoms with Crippen molar-refractivity contribution in [1.82, 2.24) is 4.90 Å². The maximum absolute atomic E-state index is 13.4. The number of hydrogen-bond acceptors (Lipinski definition) is 4. The number of rotatable bonds is 4. The molecule has 2 atom stereocenters. The first-order valence-electron chi connectivity index (χ1n) is 6.61. The first kappa shape index (κ1) is 15.7. The summed E-state index contributed by atoms with van der Waals surface area (Å²) in [6, 6.07) is 2.89. The van der Waals surface area contributed by atoms with Gasteiger partial charge in [0.15, 0.2) is 18.2 Å². The zero-order chi connectivity index (χ0) is 15.4. The molecule has 0 radical (unpaired) electrons. The van der Waals surface area contributed by atoms with Crippen molar-refractivity contribution in [3.63, 3.8) is 0 Å². The number of benzene rings is 1. The van der Waals surface area contributed by atoms with Crippen LogP contribution in [0.2, 0.25) is 0 Å². The van der Waals surface area contributed by atoms with Gasteiger partial charge in [0.05, 0.1) is 18.8 Å². The molecule has 1 fully saturated rings. The van der Waals surface area contributed by atoms with Crippen LogP contribution in [0, 0.1) is 11.6 Å². The van der Waals surface area contributed by atoms with Crippen molar-refractivity contribution in [3.05, 3.63) is 29.8 Å². The van der Waals surface area contributed by atoms with Gasteiger partial charge in [-0.3, -0.25) is 4.79 Å². The molecule has 1 saturated heterocycles. The van der Waals surface area contributed by atoms with Crippen molar-refractivity contribution in [3.8, 4) is 5.75 Å². The van der Waals surface area contributed by atoms with E-state index in [2.05, 4.69) is 0 Å². The number of aliphatic hydroxyl groups excluding tert-OH is 1. The fraction of sp³-hybridized carbons (Fsp3) is 0.500. The third kappa shape index (κ3) is 4.12. The standard InChI is InChI=1S/C14H17F2NO4/c1-9-5-17(6-11(7-18)21-9)14(19)8-20-13-3-2-10(15)4-12(13)16/h2-4,9,11,18H,5-8H2,1H3. The summed E-state index contributed by atoms with van der Waals surface area (Å²) in [5.41, 5.74) is 0. The van der Waals surface area contributed by atoms with Gasteiger partial charge in [0.1, 0.15) is 5.82 Å². The normalized spacial score (nSPS) is 22.2. The van der Waals surface area contributed by atoms with Gasteiger partial charge in [-0.25, -0.2) is 8.78 Å². The molecule has 0 aromatic heterocycles. The first-order chi connectivity index (χ1) is 9.99. The van der Waals surface area contributed by atoms with E-state index in [4.69, 9.17) is 14.6 Å². The Balaban J connectivity index is 1.92. The fourth-order valence-electron chi connectivity index (χ4n) is 2.17. The zero-order valence-corrected chi connectivity index (χ0v) is 11.6. The minimum Gasteiger partial charge on any atom is -0.481 e. The summed E-state index contributed by atoms with van der Waals surface area (Å²) in [5, 5.41) is 9.10. The van der Waals surface area contributed by atoms with Crippen molar-refractivity contribution in [1.29, 1.82) is 0 Å². The minimum absolute atomic E-state index is 0.176. The van der Waals surface area contributed by atoms with Crippen molar-refractivity contribution >= 4 is 5.91 Å². The van der Waals surface area contributed by atoms with E-state index in [1.54, 1.807) is 6.92 Å². The molecule has 2 unspecified atom stereocenters. The van der Waals surface area contributed by atoms with Gasteiger partial charge in [-0.05, 0) is 19.1 Å². The topological polar surface area (TPSA) is 59.0 Å². The Labute approximate surface area is 121 Å². The molecule has 1 N–H and O–H groups in total. The third-order valence-electron chi connectivity index (χ3n) is 3.13. The van der Waals surface area contributed by atoms with Crippen LogP contribution >= 0.6 is 0 Å². The maximum Gasteiger partial charge on any atom is 0.260 e. The van der Waals surface area contributed by atoms with E-state index in [1.807, 2.05) is 0 Å². The van der Waals surface area contributed by atoms with E-state index >= 15 is 0 Å². The lowest BCUT2D eigenvalue weighted by atomic mass is 10.2. The van der Waals surface area contributed by atoms with Crippen LogP contribution in [0.15, 0.2) is 18.2 Å². The number of halogens is 2. The predicted octanol–water partition coefficient (Wildman–Crippen LogP) is 0.952. The summed E-state index contributed by atoms with van der Waals surface area (Å²) < 4.78 is 36.6. The predicted molar refractivity (Wildman–Crippen MR) is 69.9 cm³/mol.